The number of hydrogen-bond acceptors (Lipinski definition) is 3. The molecule has 5 heteroatoms. The number of thiophene rings is 1. The van der Waals surface area contributed by atoms with Crippen LogP contribution in [0.2, 0.25) is 0 Å². The summed E-state index contributed by atoms with van der Waals surface area (Å²) in [5.41, 5.74) is 4.20. The van der Waals surface area contributed by atoms with Gasteiger partial charge in [-0.25, -0.2) is 0 Å². The molecule has 6 heterocycles. The molecule has 128 valence electrons. The van der Waals surface area contributed by atoms with Crippen LogP contribution >= 0.6 is 11.3 Å². The number of hydrogen-bond donors (Lipinski definition) is 1. The molecule has 0 aromatic carbocycles. The Labute approximate surface area is 151 Å². The number of fused-ring (bicyclic) bond motifs is 4. The van der Waals surface area contributed by atoms with E-state index in [2.05, 4.69) is 49.8 Å². The van der Waals surface area contributed by atoms with Crippen molar-refractivity contribution in [2.24, 2.45) is 5.92 Å². The van der Waals surface area contributed by atoms with Crippen molar-refractivity contribution in [1.29, 1.82) is 0 Å². The molecule has 0 spiro atoms. The van der Waals surface area contributed by atoms with E-state index >= 15 is 0 Å². The van der Waals surface area contributed by atoms with Crippen molar-refractivity contribution in [3.63, 3.8) is 0 Å². The summed E-state index contributed by atoms with van der Waals surface area (Å²) in [4.78, 5) is 15.2. The minimum atomic E-state index is 0.0551. The van der Waals surface area contributed by atoms with Crippen LogP contribution in [-0.4, -0.2) is 40.9 Å². The second-order valence-electron chi connectivity index (χ2n) is 7.21. The summed E-state index contributed by atoms with van der Waals surface area (Å²) < 4.78 is 2.05. The molecule has 6 rings (SSSR count). The molecule has 2 bridgehead atoms. The van der Waals surface area contributed by atoms with Crippen molar-refractivity contribution in [2.45, 2.75) is 18.9 Å². The van der Waals surface area contributed by atoms with E-state index in [9.17, 15) is 4.79 Å². The predicted octanol–water partition coefficient (Wildman–Crippen LogP) is 3.49. The molecule has 3 aromatic heterocycles. The van der Waals surface area contributed by atoms with Crippen LogP contribution in [0.1, 0.15) is 23.2 Å². The van der Waals surface area contributed by atoms with Crippen LogP contribution in [0.5, 0.6) is 0 Å². The molecule has 3 aliphatic heterocycles. The first-order valence-electron chi connectivity index (χ1n) is 8.94. The fourth-order valence-electron chi connectivity index (χ4n) is 4.21. The van der Waals surface area contributed by atoms with Gasteiger partial charge in [0.05, 0.1) is 5.56 Å². The highest BCUT2D eigenvalue weighted by Gasteiger charge is 2.35. The highest BCUT2D eigenvalue weighted by molar-refractivity contribution is 7.08. The Bertz CT molecular complexity index is 906. The normalized spacial score (nSPS) is 25.4. The molecule has 1 atom stereocenters. The van der Waals surface area contributed by atoms with E-state index in [1.54, 1.807) is 11.3 Å². The molecule has 3 fully saturated rings. The zero-order chi connectivity index (χ0) is 16.8. The molecular formula is C20H21N3OS. The molecule has 4 nitrogen and oxygen atoms in total. The number of carbonyl (C=O) groups is 1. The average Bonchev–Trinajstić information content (AvgIpc) is 3.32. The summed E-state index contributed by atoms with van der Waals surface area (Å²) in [7, 11) is 0. The highest BCUT2D eigenvalue weighted by Crippen LogP contribution is 2.28. The van der Waals surface area contributed by atoms with Gasteiger partial charge in [-0.3, -0.25) is 4.79 Å². The highest BCUT2D eigenvalue weighted by atomic mass is 32.1. The first-order valence-corrected chi connectivity index (χ1v) is 9.88. The smallest absolute Gasteiger partial charge is 0.253 e. The first kappa shape index (κ1) is 15.2. The van der Waals surface area contributed by atoms with Gasteiger partial charge in [-0.2, -0.15) is 11.3 Å². The van der Waals surface area contributed by atoms with Gasteiger partial charge in [0.2, 0.25) is 0 Å². The zero-order valence-electron chi connectivity index (χ0n) is 14.0. The number of nitrogens with one attached hydrogen (secondary N) is 1. The Balaban J connectivity index is 1.38. The molecule has 3 aliphatic rings. The van der Waals surface area contributed by atoms with Crippen molar-refractivity contribution >= 4 is 22.8 Å². The van der Waals surface area contributed by atoms with Gasteiger partial charge in [-0.05, 0) is 71.9 Å². The minimum Gasteiger partial charge on any atom is -0.348 e. The van der Waals surface area contributed by atoms with Crippen molar-refractivity contribution < 1.29 is 4.79 Å². The number of aromatic nitrogens is 1. The summed E-state index contributed by atoms with van der Waals surface area (Å²) in [6.45, 7) is 3.39. The van der Waals surface area contributed by atoms with Crippen LogP contribution in [0.3, 0.4) is 0 Å². The number of nitrogens with zero attached hydrogens (tertiary/aromatic N) is 2. The quantitative estimate of drug-likeness (QED) is 0.784. The maximum absolute atomic E-state index is 12.7. The third-order valence-electron chi connectivity index (χ3n) is 5.68. The molecule has 25 heavy (non-hydrogen) atoms. The predicted molar refractivity (Wildman–Crippen MR) is 101 cm³/mol. The Hall–Kier alpha value is -2.11. The summed E-state index contributed by atoms with van der Waals surface area (Å²) >= 11 is 1.70. The summed E-state index contributed by atoms with van der Waals surface area (Å²) in [6, 6.07) is 8.61. The Morgan fingerprint density at radius 3 is 2.72 bits per heavy atom. The van der Waals surface area contributed by atoms with E-state index in [4.69, 9.17) is 0 Å². The van der Waals surface area contributed by atoms with Gasteiger partial charge in [0.15, 0.2) is 0 Å². The van der Waals surface area contributed by atoms with Gasteiger partial charge in [-0.1, -0.05) is 6.07 Å². The topological polar surface area (TPSA) is 36.8 Å². The summed E-state index contributed by atoms with van der Waals surface area (Å²) in [6.07, 6.45) is 6.48. The van der Waals surface area contributed by atoms with E-state index < -0.39 is 0 Å². The van der Waals surface area contributed by atoms with Gasteiger partial charge < -0.3 is 14.6 Å². The number of carbonyl (C=O) groups excluding carboxylic acids is 1. The van der Waals surface area contributed by atoms with Gasteiger partial charge in [0.1, 0.15) is 0 Å². The standard InChI is InChI=1S/C20H21N3OS/c24-20(21-19-12-22-6-3-14(19)4-7-22)17-9-18-2-1-15(10-23(18)11-17)16-5-8-25-13-16/h1-2,5,8-11,13-14,19H,3-4,6-7,12H2,(H,21,24)/t19-/m0/s1. The SMILES string of the molecule is O=C(N[C@H]1CN2CCC1CC2)c1cc2ccc(-c3ccsc3)cn2c1. The van der Waals surface area contributed by atoms with Crippen LogP contribution < -0.4 is 5.32 Å². The van der Waals surface area contributed by atoms with Gasteiger partial charge in [0, 0.05) is 30.5 Å². The fourth-order valence-corrected chi connectivity index (χ4v) is 4.88. The van der Waals surface area contributed by atoms with Crippen LogP contribution in [0.4, 0.5) is 0 Å². The lowest BCUT2D eigenvalue weighted by Crippen LogP contribution is -2.57. The molecule has 1 N–H and O–H groups in total. The number of piperidine rings is 3. The van der Waals surface area contributed by atoms with Crippen molar-refractivity contribution in [2.75, 3.05) is 19.6 Å². The molecule has 0 radical (unpaired) electrons. The van der Waals surface area contributed by atoms with Gasteiger partial charge >= 0.3 is 0 Å². The molecule has 1 amide bonds. The fraction of sp³-hybridized carbons (Fsp3) is 0.350. The van der Waals surface area contributed by atoms with Crippen LogP contribution in [0.15, 0.2) is 47.4 Å². The van der Waals surface area contributed by atoms with Crippen LogP contribution in [0, 0.1) is 5.92 Å². The Morgan fingerprint density at radius 2 is 2.00 bits per heavy atom. The molecule has 3 aromatic rings. The van der Waals surface area contributed by atoms with Crippen molar-refractivity contribution in [1.82, 2.24) is 14.6 Å². The molecule has 0 saturated carbocycles. The number of amides is 1. The maximum atomic E-state index is 12.7. The second-order valence-corrected chi connectivity index (χ2v) is 7.99. The van der Waals surface area contributed by atoms with Crippen LogP contribution in [-0.2, 0) is 0 Å². The molecule has 0 unspecified atom stereocenters. The lowest BCUT2D eigenvalue weighted by Gasteiger charge is -2.44. The Kier molecular flexibility index (Phi) is 3.64. The van der Waals surface area contributed by atoms with Gasteiger partial charge in [0.25, 0.3) is 5.91 Å². The zero-order valence-corrected chi connectivity index (χ0v) is 14.8. The molecule has 0 aliphatic carbocycles. The lowest BCUT2D eigenvalue weighted by atomic mass is 9.84. The van der Waals surface area contributed by atoms with E-state index in [-0.39, 0.29) is 5.91 Å². The van der Waals surface area contributed by atoms with E-state index in [0.29, 0.717) is 12.0 Å². The van der Waals surface area contributed by atoms with Crippen molar-refractivity contribution in [3.8, 4) is 11.1 Å². The second kappa shape index (κ2) is 6.00. The monoisotopic (exact) mass is 351 g/mol. The van der Waals surface area contributed by atoms with Crippen molar-refractivity contribution in [3.05, 3.63) is 53.0 Å². The third-order valence-corrected chi connectivity index (χ3v) is 6.36. The maximum Gasteiger partial charge on any atom is 0.253 e. The number of rotatable bonds is 3. The van der Waals surface area contributed by atoms with Crippen LogP contribution in [0.25, 0.3) is 16.6 Å². The minimum absolute atomic E-state index is 0.0551. The summed E-state index contributed by atoms with van der Waals surface area (Å²) in [5, 5.41) is 7.51. The average molecular weight is 351 g/mol. The Morgan fingerprint density at radius 1 is 1.12 bits per heavy atom. The van der Waals surface area contributed by atoms with E-state index in [1.165, 1.54) is 37.1 Å². The van der Waals surface area contributed by atoms with E-state index in [0.717, 1.165) is 17.6 Å². The van der Waals surface area contributed by atoms with E-state index in [1.807, 2.05) is 12.3 Å². The molecular weight excluding hydrogens is 330 g/mol. The largest absolute Gasteiger partial charge is 0.348 e. The molecule has 3 saturated heterocycles. The lowest BCUT2D eigenvalue weighted by molar-refractivity contribution is 0.0620. The first-order chi connectivity index (χ1) is 12.3. The van der Waals surface area contributed by atoms with Gasteiger partial charge in [-0.15, -0.1) is 0 Å². The number of pyridine rings is 1. The summed E-state index contributed by atoms with van der Waals surface area (Å²) in [5.74, 6) is 0.704. The third kappa shape index (κ3) is 2.77.